The van der Waals surface area contributed by atoms with E-state index in [4.69, 9.17) is 9.47 Å². The molecule has 1 aliphatic rings. The lowest BCUT2D eigenvalue weighted by Crippen LogP contribution is -2.19. The Kier molecular flexibility index (Phi) is 4.64. The van der Waals surface area contributed by atoms with Gasteiger partial charge in [-0.05, 0) is 35.6 Å². The summed E-state index contributed by atoms with van der Waals surface area (Å²) in [6, 6.07) is 12.5. The van der Waals surface area contributed by atoms with E-state index in [1.807, 2.05) is 52.0 Å². The smallest absolute Gasteiger partial charge is 0.210 e. The molecule has 0 radical (unpaired) electrons. The van der Waals surface area contributed by atoms with E-state index in [1.165, 1.54) is 0 Å². The normalized spacial score (nSPS) is 17.4. The van der Waals surface area contributed by atoms with Gasteiger partial charge in [0.1, 0.15) is 23.4 Å². The van der Waals surface area contributed by atoms with Crippen LogP contribution in [0.15, 0.2) is 52.3 Å². The first-order valence-corrected chi connectivity index (χ1v) is 9.88. The fourth-order valence-corrected chi connectivity index (χ4v) is 4.84. The van der Waals surface area contributed by atoms with E-state index >= 15 is 0 Å². The molecule has 0 N–H and O–H groups in total. The first-order valence-electron chi connectivity index (χ1n) is 8.40. The Labute approximate surface area is 149 Å². The van der Waals surface area contributed by atoms with E-state index in [1.54, 1.807) is 18.2 Å². The summed E-state index contributed by atoms with van der Waals surface area (Å²) in [4.78, 5) is 0.580. The topological polar surface area (TPSA) is 55.9 Å². The van der Waals surface area contributed by atoms with E-state index < -0.39 is 9.84 Å². The molecule has 0 bridgehead atoms. The molecule has 4 nitrogen and oxygen atoms in total. The van der Waals surface area contributed by atoms with Crippen LogP contribution in [0.3, 0.4) is 0 Å². The van der Waals surface area contributed by atoms with Crippen molar-refractivity contribution >= 4 is 9.84 Å². The molecule has 0 aliphatic carbocycles. The quantitative estimate of drug-likeness (QED) is 0.759. The first kappa shape index (κ1) is 18.0. The summed E-state index contributed by atoms with van der Waals surface area (Å²) in [5.74, 6) is 0.395. The number of sulfone groups is 1. The molecule has 25 heavy (non-hydrogen) atoms. The van der Waals surface area contributed by atoms with Gasteiger partial charge in [0, 0.05) is 0 Å². The Hall–Kier alpha value is -1.85. The van der Waals surface area contributed by atoms with Crippen LogP contribution in [0, 0.1) is 6.92 Å². The Morgan fingerprint density at radius 1 is 1.12 bits per heavy atom. The minimum absolute atomic E-state index is 0.0623. The van der Waals surface area contributed by atoms with Crippen molar-refractivity contribution in [1.82, 2.24) is 0 Å². The van der Waals surface area contributed by atoms with E-state index in [9.17, 15) is 8.42 Å². The highest BCUT2D eigenvalue weighted by Crippen LogP contribution is 2.39. The van der Waals surface area contributed by atoms with Gasteiger partial charge < -0.3 is 9.47 Å². The van der Waals surface area contributed by atoms with Crippen LogP contribution in [-0.4, -0.2) is 27.7 Å². The second-order valence-corrected chi connectivity index (χ2v) is 9.27. The summed E-state index contributed by atoms with van der Waals surface area (Å²) in [5, 5.41) is 0. The largest absolute Gasteiger partial charge is 0.489 e. The minimum atomic E-state index is -3.71. The minimum Gasteiger partial charge on any atom is -0.489 e. The van der Waals surface area contributed by atoms with E-state index in [-0.39, 0.29) is 16.4 Å². The van der Waals surface area contributed by atoms with Crippen molar-refractivity contribution in [3.8, 4) is 5.75 Å². The van der Waals surface area contributed by atoms with Crippen molar-refractivity contribution in [3.05, 3.63) is 53.6 Å². The number of rotatable bonds is 5. The molecular formula is C20H24O4S. The van der Waals surface area contributed by atoms with Gasteiger partial charge in [-0.15, -0.1) is 0 Å². The average molecular weight is 360 g/mol. The third-order valence-corrected chi connectivity index (χ3v) is 6.26. The first-order chi connectivity index (χ1) is 11.7. The lowest BCUT2D eigenvalue weighted by Gasteiger charge is -2.25. The Bertz CT molecular complexity index is 875. The number of epoxide rings is 1. The number of hydrogen-bond donors (Lipinski definition) is 0. The molecular weight excluding hydrogens is 336 g/mol. The maximum atomic E-state index is 13.5. The summed E-state index contributed by atoms with van der Waals surface area (Å²) in [7, 11) is -3.71. The second-order valence-electron chi connectivity index (χ2n) is 7.42. The van der Waals surface area contributed by atoms with Gasteiger partial charge in [0.05, 0.1) is 11.5 Å². The molecule has 134 valence electrons. The van der Waals surface area contributed by atoms with Gasteiger partial charge in [-0.2, -0.15) is 0 Å². The summed E-state index contributed by atoms with van der Waals surface area (Å²) in [5.41, 5.74) is 1.15. The fourth-order valence-electron chi connectivity index (χ4n) is 2.81. The molecule has 1 unspecified atom stereocenters. The second kappa shape index (κ2) is 6.46. The fraction of sp³-hybridized carbons (Fsp3) is 0.400. The molecule has 5 heteroatoms. The van der Waals surface area contributed by atoms with Crippen LogP contribution < -0.4 is 4.74 Å². The predicted octanol–water partition coefficient (Wildman–Crippen LogP) is 3.90. The SMILES string of the molecule is Cc1ccccc1S(=O)(=O)c1c(OCC2CO2)cccc1C(C)(C)C. The highest BCUT2D eigenvalue weighted by Gasteiger charge is 2.32. The predicted molar refractivity (Wildman–Crippen MR) is 97.0 cm³/mol. The van der Waals surface area contributed by atoms with Gasteiger partial charge in [-0.1, -0.05) is 51.1 Å². The number of benzene rings is 2. The zero-order valence-corrected chi connectivity index (χ0v) is 15.9. The van der Waals surface area contributed by atoms with Gasteiger partial charge in [0.15, 0.2) is 0 Å². The Morgan fingerprint density at radius 3 is 2.40 bits per heavy atom. The average Bonchev–Trinajstić information content (AvgIpc) is 3.36. The van der Waals surface area contributed by atoms with Crippen molar-refractivity contribution in [3.63, 3.8) is 0 Å². The molecule has 0 aromatic heterocycles. The van der Waals surface area contributed by atoms with Crippen molar-refractivity contribution in [2.75, 3.05) is 13.2 Å². The van der Waals surface area contributed by atoms with E-state index in [2.05, 4.69) is 0 Å². The summed E-state index contributed by atoms with van der Waals surface area (Å²) < 4.78 is 38.0. The third-order valence-electron chi connectivity index (χ3n) is 4.27. The molecule has 1 aliphatic heterocycles. The lowest BCUT2D eigenvalue weighted by atomic mass is 9.87. The van der Waals surface area contributed by atoms with Gasteiger partial charge in [0.25, 0.3) is 0 Å². The molecule has 1 fully saturated rings. The van der Waals surface area contributed by atoms with Crippen LogP contribution in [0.4, 0.5) is 0 Å². The Morgan fingerprint density at radius 2 is 1.80 bits per heavy atom. The molecule has 0 saturated carbocycles. The van der Waals surface area contributed by atoms with E-state index in [0.717, 1.165) is 11.1 Å². The standard InChI is InChI=1S/C20H24O4S/c1-14-8-5-6-11-18(14)25(21,22)19-16(20(2,3)4)9-7-10-17(19)24-13-15-12-23-15/h5-11,15H,12-13H2,1-4H3. The molecule has 0 spiro atoms. The van der Waals surface area contributed by atoms with Gasteiger partial charge in [-0.3, -0.25) is 0 Å². The molecule has 3 rings (SSSR count). The molecule has 2 aromatic carbocycles. The molecule has 0 amide bonds. The van der Waals surface area contributed by atoms with Crippen molar-refractivity contribution < 1.29 is 17.9 Å². The van der Waals surface area contributed by atoms with E-state index in [0.29, 0.717) is 23.9 Å². The summed E-state index contributed by atoms with van der Waals surface area (Å²) in [6.45, 7) is 8.86. The number of ether oxygens (including phenoxy) is 2. The van der Waals surface area contributed by atoms with Gasteiger partial charge in [0.2, 0.25) is 9.84 Å². The molecule has 1 atom stereocenters. The maximum Gasteiger partial charge on any atom is 0.210 e. The molecule has 2 aromatic rings. The number of hydrogen-bond acceptors (Lipinski definition) is 4. The van der Waals surface area contributed by atoms with Crippen molar-refractivity contribution in [2.24, 2.45) is 0 Å². The zero-order chi connectivity index (χ0) is 18.2. The lowest BCUT2D eigenvalue weighted by molar-refractivity contribution is 0.257. The zero-order valence-electron chi connectivity index (χ0n) is 15.1. The van der Waals surface area contributed by atoms with Crippen LogP contribution in [0.2, 0.25) is 0 Å². The van der Waals surface area contributed by atoms with Crippen molar-refractivity contribution in [2.45, 2.75) is 49.0 Å². The van der Waals surface area contributed by atoms with Crippen LogP contribution in [0.25, 0.3) is 0 Å². The Balaban J connectivity index is 2.19. The third kappa shape index (κ3) is 3.72. The molecule has 1 heterocycles. The highest BCUT2D eigenvalue weighted by molar-refractivity contribution is 7.91. The summed E-state index contributed by atoms with van der Waals surface area (Å²) >= 11 is 0. The van der Waals surface area contributed by atoms with Crippen LogP contribution in [0.1, 0.15) is 31.9 Å². The van der Waals surface area contributed by atoms with Crippen LogP contribution >= 0.6 is 0 Å². The highest BCUT2D eigenvalue weighted by atomic mass is 32.2. The van der Waals surface area contributed by atoms with Crippen molar-refractivity contribution in [1.29, 1.82) is 0 Å². The van der Waals surface area contributed by atoms with Gasteiger partial charge in [-0.25, -0.2) is 8.42 Å². The monoisotopic (exact) mass is 360 g/mol. The van der Waals surface area contributed by atoms with Crippen LogP contribution in [-0.2, 0) is 20.0 Å². The summed E-state index contributed by atoms with van der Waals surface area (Å²) in [6.07, 6.45) is 0.0623. The van der Waals surface area contributed by atoms with Crippen LogP contribution in [0.5, 0.6) is 5.75 Å². The number of aryl methyl sites for hydroxylation is 1. The molecule has 1 saturated heterocycles. The van der Waals surface area contributed by atoms with Gasteiger partial charge >= 0.3 is 0 Å². The maximum absolute atomic E-state index is 13.5.